The fraction of sp³-hybridized carbons (Fsp3) is 0.421. The van der Waals surface area contributed by atoms with Crippen LogP contribution in [0.5, 0.6) is 0 Å². The van der Waals surface area contributed by atoms with E-state index in [0.29, 0.717) is 13.0 Å². The molecule has 0 saturated carbocycles. The van der Waals surface area contributed by atoms with Crippen molar-refractivity contribution in [2.24, 2.45) is 5.41 Å². The number of likely N-dealkylation sites (tertiary alicyclic amines) is 2. The normalized spacial score (nSPS) is 19.5. The number of allylic oxidation sites excluding steroid dienone is 2. The summed E-state index contributed by atoms with van der Waals surface area (Å²) in [6, 6.07) is 17.0. The first-order chi connectivity index (χ1) is 19.6. The third kappa shape index (κ3) is 10.1. The molecule has 0 radical (unpaired) electrons. The average molecular weight is 555 g/mol. The number of nitrogens with zero attached hydrogens (tertiary/aromatic N) is 2. The predicted molar refractivity (Wildman–Crippen MR) is 177 cm³/mol. The van der Waals surface area contributed by atoms with Gasteiger partial charge in [0, 0.05) is 30.6 Å². The first-order valence-electron chi connectivity index (χ1n) is 14.7. The highest BCUT2D eigenvalue weighted by atomic mass is 19.1. The maximum Gasteiger partial charge on any atom is 0.181 e. The van der Waals surface area contributed by atoms with Crippen LogP contribution in [0.3, 0.4) is 0 Å². The molecule has 2 aliphatic rings. The Morgan fingerprint density at radius 3 is 1.90 bits per heavy atom. The van der Waals surface area contributed by atoms with E-state index in [1.807, 2.05) is 24.8 Å². The van der Waals surface area contributed by atoms with Crippen LogP contribution in [0.2, 0.25) is 0 Å². The van der Waals surface area contributed by atoms with Crippen LogP contribution in [0.1, 0.15) is 69.2 Å². The second kappa shape index (κ2) is 17.3. The molecule has 2 aromatic carbocycles. The van der Waals surface area contributed by atoms with Crippen molar-refractivity contribution in [3.8, 4) is 25.2 Å². The van der Waals surface area contributed by atoms with Crippen molar-refractivity contribution < 1.29 is 4.39 Å². The van der Waals surface area contributed by atoms with Crippen LogP contribution in [-0.4, -0.2) is 35.2 Å². The minimum absolute atomic E-state index is 0.144. The third-order valence-electron chi connectivity index (χ3n) is 7.90. The number of benzene rings is 2. The number of hydrogen-bond donors (Lipinski definition) is 0. The van der Waals surface area contributed by atoms with Crippen molar-refractivity contribution in [2.75, 3.05) is 19.6 Å². The molecule has 4 rings (SSSR count). The fourth-order valence-corrected chi connectivity index (χ4v) is 5.48. The van der Waals surface area contributed by atoms with Crippen LogP contribution in [0.25, 0.3) is 0 Å². The van der Waals surface area contributed by atoms with Gasteiger partial charge in [0.15, 0.2) is 5.79 Å². The quantitative estimate of drug-likeness (QED) is 0.200. The second-order valence-corrected chi connectivity index (χ2v) is 10.8. The summed E-state index contributed by atoms with van der Waals surface area (Å²) in [4.78, 5) is 4.27. The Labute approximate surface area is 251 Å². The average Bonchev–Trinajstić information content (AvgIpc) is 3.17. The zero-order chi connectivity index (χ0) is 31.1. The van der Waals surface area contributed by atoms with Gasteiger partial charge in [0.25, 0.3) is 0 Å². The number of hydrogen-bond acceptors (Lipinski definition) is 2. The van der Waals surface area contributed by atoms with Crippen LogP contribution >= 0.6 is 0 Å². The smallest absolute Gasteiger partial charge is 0.181 e. The van der Waals surface area contributed by atoms with Gasteiger partial charge in [0.2, 0.25) is 0 Å². The lowest BCUT2D eigenvalue weighted by Crippen LogP contribution is -2.41. The number of piperidine rings is 1. The molecule has 0 aliphatic carbocycles. The summed E-state index contributed by atoms with van der Waals surface area (Å²) >= 11 is 0. The molecule has 1 atom stereocenters. The van der Waals surface area contributed by atoms with Gasteiger partial charge in [-0.1, -0.05) is 106 Å². The van der Waals surface area contributed by atoms with E-state index in [2.05, 4.69) is 106 Å². The second-order valence-electron chi connectivity index (χ2n) is 10.8. The van der Waals surface area contributed by atoms with Gasteiger partial charge in [-0.25, -0.2) is 4.39 Å². The molecular formula is C38H51FN2. The summed E-state index contributed by atoms with van der Waals surface area (Å²) in [6.45, 7) is 23.5. The summed E-state index contributed by atoms with van der Waals surface area (Å²) in [7, 11) is 0. The molecule has 2 aromatic rings. The maximum atomic E-state index is 15.6. The predicted octanol–water partition coefficient (Wildman–Crippen LogP) is 9.06. The Morgan fingerprint density at radius 2 is 1.46 bits per heavy atom. The van der Waals surface area contributed by atoms with Crippen molar-refractivity contribution in [3.63, 3.8) is 0 Å². The van der Waals surface area contributed by atoms with Crippen LogP contribution in [0.4, 0.5) is 4.39 Å². The molecule has 2 saturated heterocycles. The van der Waals surface area contributed by atoms with Crippen molar-refractivity contribution in [1.82, 2.24) is 9.80 Å². The lowest BCUT2D eigenvalue weighted by Gasteiger charge is -2.40. The molecule has 2 aliphatic heterocycles. The van der Waals surface area contributed by atoms with Gasteiger partial charge in [-0.2, -0.15) is 0 Å². The fourth-order valence-electron chi connectivity index (χ4n) is 5.48. The number of terminal acetylenes is 2. The van der Waals surface area contributed by atoms with E-state index in [-0.39, 0.29) is 5.41 Å². The van der Waals surface area contributed by atoms with Crippen LogP contribution < -0.4 is 0 Å². The van der Waals surface area contributed by atoms with E-state index in [0.717, 1.165) is 55.7 Å². The van der Waals surface area contributed by atoms with E-state index in [1.165, 1.54) is 16.7 Å². The van der Waals surface area contributed by atoms with E-state index < -0.39 is 5.79 Å². The lowest BCUT2D eigenvalue weighted by molar-refractivity contribution is 0.0233. The van der Waals surface area contributed by atoms with Gasteiger partial charge >= 0.3 is 0 Å². The SMILES string of the molecule is C#C.C#C/C=C(\C=C)CN1CCC2(CC1)CC(C)(F)N(Cc1ccc(C)cc1)C2=C.CC.CCc1ccc(C)cc1. The third-order valence-corrected chi connectivity index (χ3v) is 7.90. The molecule has 2 heterocycles. The van der Waals surface area contributed by atoms with E-state index >= 15 is 4.39 Å². The Morgan fingerprint density at radius 1 is 0.976 bits per heavy atom. The van der Waals surface area contributed by atoms with Crippen molar-refractivity contribution >= 4 is 0 Å². The first-order valence-corrected chi connectivity index (χ1v) is 14.7. The number of alkyl halides is 1. The van der Waals surface area contributed by atoms with Gasteiger partial charge in [0.1, 0.15) is 0 Å². The molecule has 0 N–H and O–H groups in total. The molecule has 41 heavy (non-hydrogen) atoms. The minimum Gasteiger partial charge on any atom is -0.339 e. The molecule has 220 valence electrons. The summed E-state index contributed by atoms with van der Waals surface area (Å²) in [5.74, 6) is 1.22. The van der Waals surface area contributed by atoms with Crippen LogP contribution in [0.15, 0.2) is 85.1 Å². The molecule has 1 unspecified atom stereocenters. The molecular weight excluding hydrogens is 503 g/mol. The first kappa shape index (κ1) is 35.5. The summed E-state index contributed by atoms with van der Waals surface area (Å²) < 4.78 is 15.6. The van der Waals surface area contributed by atoms with Crippen molar-refractivity contribution in [3.05, 3.63) is 107 Å². The molecule has 3 heteroatoms. The van der Waals surface area contributed by atoms with Crippen molar-refractivity contribution in [1.29, 1.82) is 0 Å². The molecule has 1 spiro atoms. The minimum atomic E-state index is -1.36. The van der Waals surface area contributed by atoms with E-state index in [9.17, 15) is 0 Å². The van der Waals surface area contributed by atoms with E-state index in [1.54, 1.807) is 13.0 Å². The maximum absolute atomic E-state index is 15.6. The van der Waals surface area contributed by atoms with Gasteiger partial charge < -0.3 is 4.90 Å². The standard InChI is InChI=1S/C25H31FN2.C9H12.C2H6.C2H2/c1-6-8-22(7-2)17-27-15-13-25(14-16-27)19-24(5,26)28(21(25)4)18-23-11-9-20(3)10-12-23;1-3-9-6-4-8(2)5-7-9;2*1-2/h1,7-12H,2,4,13-19H2,3,5H3;4-7H,3H2,1-2H3;1-2H3;1-2H/b22-8+;;;. The van der Waals surface area contributed by atoms with Crippen LogP contribution in [0, 0.1) is 44.5 Å². The Hall–Kier alpha value is -3.53. The Bertz CT molecular complexity index is 1170. The largest absolute Gasteiger partial charge is 0.339 e. The Kier molecular flexibility index (Phi) is 15.0. The van der Waals surface area contributed by atoms with Gasteiger partial charge in [-0.3, -0.25) is 4.90 Å². The Balaban J connectivity index is 0.000000541. The van der Waals surface area contributed by atoms with Gasteiger partial charge in [0.05, 0.1) is 0 Å². The highest BCUT2D eigenvalue weighted by Crippen LogP contribution is 2.55. The molecule has 0 aromatic heterocycles. The number of aryl methyl sites for hydroxylation is 3. The zero-order valence-electron chi connectivity index (χ0n) is 26.3. The van der Waals surface area contributed by atoms with Crippen LogP contribution in [-0.2, 0) is 13.0 Å². The van der Waals surface area contributed by atoms with Gasteiger partial charge in [-0.05, 0) is 75.9 Å². The molecule has 0 bridgehead atoms. The molecule has 2 fully saturated rings. The summed E-state index contributed by atoms with van der Waals surface area (Å²) in [5.41, 5.74) is 6.97. The lowest BCUT2D eigenvalue weighted by atomic mass is 9.74. The molecule has 0 amide bonds. The summed E-state index contributed by atoms with van der Waals surface area (Å²) in [6.07, 6.45) is 20.5. The van der Waals surface area contributed by atoms with Crippen molar-refractivity contribution in [2.45, 2.75) is 79.6 Å². The highest BCUT2D eigenvalue weighted by Gasteiger charge is 2.54. The zero-order valence-corrected chi connectivity index (χ0v) is 26.3. The monoisotopic (exact) mass is 554 g/mol. The van der Waals surface area contributed by atoms with E-state index in [4.69, 9.17) is 6.42 Å². The van der Waals surface area contributed by atoms with Gasteiger partial charge in [-0.15, -0.1) is 19.3 Å². The molecule has 2 nitrogen and oxygen atoms in total. The topological polar surface area (TPSA) is 6.48 Å². The summed E-state index contributed by atoms with van der Waals surface area (Å²) in [5, 5.41) is 0. The highest BCUT2D eigenvalue weighted by molar-refractivity contribution is 5.28. The number of halogens is 1. The number of rotatable bonds is 6.